The molecule has 19 heavy (non-hydrogen) atoms. The molecule has 0 fully saturated rings. The van der Waals surface area contributed by atoms with Crippen LogP contribution in [0, 0.1) is 0 Å². The normalized spacial score (nSPS) is 13.1. The highest BCUT2D eigenvalue weighted by Crippen LogP contribution is 2.24. The summed E-state index contributed by atoms with van der Waals surface area (Å²) in [6.07, 6.45) is -0.136. The van der Waals surface area contributed by atoms with E-state index in [1.165, 1.54) is 0 Å². The van der Waals surface area contributed by atoms with Crippen LogP contribution >= 0.6 is 0 Å². The Hall–Kier alpha value is -1.39. The van der Waals surface area contributed by atoms with Gasteiger partial charge >= 0.3 is 0 Å². The van der Waals surface area contributed by atoms with Crippen LogP contribution < -0.4 is 0 Å². The van der Waals surface area contributed by atoms with Crippen molar-refractivity contribution in [1.29, 1.82) is 0 Å². The van der Waals surface area contributed by atoms with Crippen molar-refractivity contribution in [3.63, 3.8) is 0 Å². The number of benzene rings is 1. The van der Waals surface area contributed by atoms with Crippen LogP contribution in [-0.2, 0) is 14.6 Å². The fourth-order valence-electron chi connectivity index (χ4n) is 1.42. The number of hydrogen-bond donors (Lipinski definition) is 0. The molecule has 4 heteroatoms. The van der Waals surface area contributed by atoms with E-state index in [2.05, 4.69) is 0 Å². The molecule has 0 bridgehead atoms. The number of hydrogen-bond acceptors (Lipinski definition) is 3. The van der Waals surface area contributed by atoms with Crippen molar-refractivity contribution in [2.75, 3.05) is 14.1 Å². The second kappa shape index (κ2) is 6.68. The first-order chi connectivity index (χ1) is 8.79. The van der Waals surface area contributed by atoms with E-state index >= 15 is 0 Å². The van der Waals surface area contributed by atoms with Crippen molar-refractivity contribution >= 4 is 5.91 Å². The van der Waals surface area contributed by atoms with Gasteiger partial charge in [-0.15, -0.1) is 0 Å². The zero-order chi connectivity index (χ0) is 14.5. The Balaban J connectivity index is 2.77. The van der Waals surface area contributed by atoms with Gasteiger partial charge in [0, 0.05) is 14.1 Å². The first kappa shape index (κ1) is 15.7. The van der Waals surface area contributed by atoms with Crippen molar-refractivity contribution in [2.24, 2.45) is 0 Å². The molecule has 106 valence electrons. The summed E-state index contributed by atoms with van der Waals surface area (Å²) in [4.78, 5) is 24.2. The molecule has 0 spiro atoms. The molecule has 0 N–H and O–H groups in total. The molecule has 1 atom stereocenters. The van der Waals surface area contributed by atoms with Gasteiger partial charge < -0.3 is 4.90 Å². The monoisotopic (exact) mass is 265 g/mol. The van der Waals surface area contributed by atoms with Crippen LogP contribution in [0.15, 0.2) is 30.3 Å². The molecule has 4 nitrogen and oxygen atoms in total. The molecule has 0 heterocycles. The Morgan fingerprint density at radius 3 is 2.26 bits per heavy atom. The first-order valence-electron chi connectivity index (χ1n) is 6.39. The van der Waals surface area contributed by atoms with Crippen molar-refractivity contribution in [2.45, 2.75) is 38.9 Å². The standard InChI is InChI=1S/C15H23NO3/c1-15(2,3)19-18-13(11-14(17)16(4)5)12-9-7-6-8-10-12/h6-10,13H,11H2,1-5H3. The van der Waals surface area contributed by atoms with E-state index in [0.29, 0.717) is 0 Å². The summed E-state index contributed by atoms with van der Waals surface area (Å²) in [6.45, 7) is 5.72. The van der Waals surface area contributed by atoms with Crippen LogP contribution in [0.5, 0.6) is 0 Å². The summed E-state index contributed by atoms with van der Waals surface area (Å²) in [6, 6.07) is 9.63. The highest BCUT2D eigenvalue weighted by atomic mass is 17.2. The number of rotatable bonds is 5. The van der Waals surface area contributed by atoms with Gasteiger partial charge in [0.05, 0.1) is 12.0 Å². The summed E-state index contributed by atoms with van der Waals surface area (Å²) in [7, 11) is 3.46. The number of carbonyl (C=O) groups excluding carboxylic acids is 1. The average Bonchev–Trinajstić information content (AvgIpc) is 2.34. The average molecular weight is 265 g/mol. The molecule has 1 aromatic rings. The molecular formula is C15H23NO3. The molecule has 0 saturated carbocycles. The predicted octanol–water partition coefficient (Wildman–Crippen LogP) is 2.95. The summed E-state index contributed by atoms with van der Waals surface area (Å²) in [5, 5.41) is 0. The largest absolute Gasteiger partial charge is 0.349 e. The van der Waals surface area contributed by atoms with Gasteiger partial charge in [0.2, 0.25) is 5.91 Å². The second-order valence-corrected chi connectivity index (χ2v) is 5.68. The van der Waals surface area contributed by atoms with E-state index in [9.17, 15) is 4.79 Å². The first-order valence-corrected chi connectivity index (χ1v) is 6.39. The zero-order valence-electron chi connectivity index (χ0n) is 12.3. The minimum absolute atomic E-state index is 0.00589. The van der Waals surface area contributed by atoms with Crippen LogP contribution in [0.3, 0.4) is 0 Å². The fourth-order valence-corrected chi connectivity index (χ4v) is 1.42. The Morgan fingerprint density at radius 1 is 1.21 bits per heavy atom. The lowest BCUT2D eigenvalue weighted by Gasteiger charge is -2.24. The Kier molecular flexibility index (Phi) is 5.51. The Labute approximate surface area is 115 Å². The molecule has 1 unspecified atom stereocenters. The molecule has 1 amide bonds. The quantitative estimate of drug-likeness (QED) is 0.607. The van der Waals surface area contributed by atoms with Crippen LogP contribution in [0.1, 0.15) is 38.9 Å². The zero-order valence-corrected chi connectivity index (χ0v) is 12.3. The van der Waals surface area contributed by atoms with Crippen molar-refractivity contribution in [1.82, 2.24) is 4.90 Å². The van der Waals surface area contributed by atoms with E-state index in [0.717, 1.165) is 5.56 Å². The highest BCUT2D eigenvalue weighted by Gasteiger charge is 2.22. The summed E-state index contributed by atoms with van der Waals surface area (Å²) in [5.41, 5.74) is 0.524. The maximum absolute atomic E-state index is 11.8. The van der Waals surface area contributed by atoms with Gasteiger partial charge in [0.25, 0.3) is 0 Å². The predicted molar refractivity (Wildman–Crippen MR) is 74.4 cm³/mol. The van der Waals surface area contributed by atoms with E-state index in [1.54, 1.807) is 19.0 Å². The molecular weight excluding hydrogens is 242 g/mol. The van der Waals surface area contributed by atoms with Crippen LogP contribution in [-0.4, -0.2) is 30.5 Å². The van der Waals surface area contributed by atoms with Gasteiger partial charge in [-0.1, -0.05) is 30.3 Å². The van der Waals surface area contributed by atoms with Gasteiger partial charge in [-0.05, 0) is 26.3 Å². The fraction of sp³-hybridized carbons (Fsp3) is 0.533. The second-order valence-electron chi connectivity index (χ2n) is 5.68. The topological polar surface area (TPSA) is 38.8 Å². The van der Waals surface area contributed by atoms with Gasteiger partial charge in [-0.2, -0.15) is 0 Å². The molecule has 0 radical (unpaired) electrons. The van der Waals surface area contributed by atoms with Gasteiger partial charge in [-0.25, -0.2) is 9.78 Å². The third kappa shape index (κ3) is 5.85. The number of amides is 1. The lowest BCUT2D eigenvalue weighted by Crippen LogP contribution is -2.27. The maximum atomic E-state index is 11.8. The third-order valence-electron chi connectivity index (χ3n) is 2.44. The van der Waals surface area contributed by atoms with Crippen molar-refractivity contribution in [3.05, 3.63) is 35.9 Å². The molecule has 0 aliphatic heterocycles. The van der Waals surface area contributed by atoms with E-state index in [1.807, 2.05) is 51.1 Å². The van der Waals surface area contributed by atoms with Gasteiger partial charge in [0.15, 0.2) is 0 Å². The number of nitrogens with zero attached hydrogens (tertiary/aromatic N) is 1. The summed E-state index contributed by atoms with van der Waals surface area (Å²) < 4.78 is 0. The lowest BCUT2D eigenvalue weighted by atomic mass is 10.1. The van der Waals surface area contributed by atoms with Crippen molar-refractivity contribution in [3.8, 4) is 0 Å². The molecule has 1 rings (SSSR count). The highest BCUT2D eigenvalue weighted by molar-refractivity contribution is 5.76. The molecule has 0 aromatic heterocycles. The third-order valence-corrected chi connectivity index (χ3v) is 2.44. The Bertz CT molecular complexity index is 396. The van der Waals surface area contributed by atoms with E-state index < -0.39 is 11.7 Å². The SMILES string of the molecule is CN(C)C(=O)CC(OOC(C)(C)C)c1ccccc1. The Morgan fingerprint density at radius 2 is 1.79 bits per heavy atom. The minimum Gasteiger partial charge on any atom is -0.349 e. The van der Waals surface area contributed by atoms with Crippen LogP contribution in [0.2, 0.25) is 0 Å². The summed E-state index contributed by atoms with van der Waals surface area (Å²) in [5.74, 6) is 0.00589. The van der Waals surface area contributed by atoms with Crippen LogP contribution in [0.25, 0.3) is 0 Å². The van der Waals surface area contributed by atoms with Gasteiger partial charge in [-0.3, -0.25) is 4.79 Å². The summed E-state index contributed by atoms with van der Waals surface area (Å²) >= 11 is 0. The maximum Gasteiger partial charge on any atom is 0.225 e. The van der Waals surface area contributed by atoms with E-state index in [-0.39, 0.29) is 12.3 Å². The van der Waals surface area contributed by atoms with E-state index in [4.69, 9.17) is 9.78 Å². The lowest BCUT2D eigenvalue weighted by molar-refractivity contribution is -0.375. The smallest absolute Gasteiger partial charge is 0.225 e. The molecule has 0 saturated heterocycles. The molecule has 1 aromatic carbocycles. The van der Waals surface area contributed by atoms with Crippen LogP contribution in [0.4, 0.5) is 0 Å². The molecule has 0 aliphatic carbocycles. The van der Waals surface area contributed by atoms with Crippen molar-refractivity contribution < 1.29 is 14.6 Å². The minimum atomic E-state index is -0.409. The number of carbonyl (C=O) groups is 1. The van der Waals surface area contributed by atoms with Gasteiger partial charge in [0.1, 0.15) is 6.10 Å². The molecule has 0 aliphatic rings.